The molecule has 26 heavy (non-hydrogen) atoms. The first-order chi connectivity index (χ1) is 12.7. The molecule has 1 aromatic carbocycles. The third-order valence-electron chi connectivity index (χ3n) is 5.49. The molecule has 5 heteroatoms. The lowest BCUT2D eigenvalue weighted by molar-refractivity contribution is 0.156. The summed E-state index contributed by atoms with van der Waals surface area (Å²) in [5.74, 6) is 0.712. The lowest BCUT2D eigenvalue weighted by Gasteiger charge is -2.33. The topological polar surface area (TPSA) is 53.1 Å². The highest BCUT2D eigenvalue weighted by molar-refractivity contribution is 5.56. The normalized spacial score (nSPS) is 19.0. The molecule has 0 bridgehead atoms. The van der Waals surface area contributed by atoms with Gasteiger partial charge in [-0.25, -0.2) is 9.97 Å². The number of aromatic nitrogens is 2. The Balaban J connectivity index is 1.50. The first-order valence-corrected chi connectivity index (χ1v) is 9.82. The van der Waals surface area contributed by atoms with Crippen molar-refractivity contribution in [3.63, 3.8) is 0 Å². The van der Waals surface area contributed by atoms with Gasteiger partial charge in [-0.3, -0.25) is 4.90 Å². The molecular formula is C21H29N5. The van der Waals surface area contributed by atoms with E-state index in [1.165, 1.54) is 48.2 Å². The number of benzene rings is 1. The van der Waals surface area contributed by atoms with E-state index >= 15 is 0 Å². The minimum absolute atomic E-state index is 0.704. The largest absolute Gasteiger partial charge is 0.324 e. The third kappa shape index (κ3) is 4.05. The van der Waals surface area contributed by atoms with Crippen LogP contribution in [0.3, 0.4) is 0 Å². The predicted molar refractivity (Wildman–Crippen MR) is 106 cm³/mol. The maximum atomic E-state index is 4.85. The molecule has 0 amide bonds. The van der Waals surface area contributed by atoms with E-state index in [4.69, 9.17) is 4.98 Å². The summed E-state index contributed by atoms with van der Waals surface area (Å²) in [6.45, 7) is 8.67. The summed E-state index contributed by atoms with van der Waals surface area (Å²) < 4.78 is 0. The van der Waals surface area contributed by atoms with Gasteiger partial charge in [0, 0.05) is 30.0 Å². The Kier molecular flexibility index (Phi) is 5.18. The number of aryl methyl sites for hydroxylation is 3. The van der Waals surface area contributed by atoms with E-state index in [-0.39, 0.29) is 0 Å². The van der Waals surface area contributed by atoms with Crippen molar-refractivity contribution in [2.45, 2.75) is 52.1 Å². The van der Waals surface area contributed by atoms with Crippen LogP contribution in [-0.4, -0.2) is 40.5 Å². The molecule has 3 heterocycles. The van der Waals surface area contributed by atoms with E-state index in [0.717, 1.165) is 31.7 Å². The number of piperidine rings is 1. The summed E-state index contributed by atoms with van der Waals surface area (Å²) in [5.41, 5.74) is 6.07. The Morgan fingerprint density at radius 1 is 1.12 bits per heavy atom. The number of nitrogens with one attached hydrogen (secondary N) is 2. The van der Waals surface area contributed by atoms with E-state index < -0.39 is 0 Å². The average Bonchev–Trinajstić information content (AvgIpc) is 2.83. The van der Waals surface area contributed by atoms with Crippen LogP contribution in [0.4, 0.5) is 11.6 Å². The fraction of sp³-hybridized carbons (Fsp3) is 0.524. The van der Waals surface area contributed by atoms with Crippen LogP contribution in [0.25, 0.3) is 0 Å². The molecule has 138 valence electrons. The molecule has 4 rings (SSSR count). The summed E-state index contributed by atoms with van der Waals surface area (Å²) in [6.07, 6.45) is 6.76. The number of nitrogens with zero attached hydrogens (tertiary/aromatic N) is 3. The molecule has 0 atom stereocenters. The fourth-order valence-corrected chi connectivity index (χ4v) is 4.26. The number of rotatable bonds is 3. The van der Waals surface area contributed by atoms with Gasteiger partial charge in [-0.2, -0.15) is 0 Å². The van der Waals surface area contributed by atoms with Crippen molar-refractivity contribution in [1.82, 2.24) is 20.2 Å². The lowest BCUT2D eigenvalue weighted by Crippen LogP contribution is -2.42. The molecular weight excluding hydrogens is 322 g/mol. The Morgan fingerprint density at radius 3 is 2.65 bits per heavy atom. The van der Waals surface area contributed by atoms with Gasteiger partial charge in [0.05, 0.1) is 5.69 Å². The van der Waals surface area contributed by atoms with E-state index in [1.54, 1.807) is 0 Å². The molecule has 2 aromatic rings. The maximum Gasteiger partial charge on any atom is 0.227 e. The van der Waals surface area contributed by atoms with Crippen molar-refractivity contribution in [2.75, 3.05) is 25.0 Å². The van der Waals surface area contributed by atoms with Crippen LogP contribution >= 0.6 is 0 Å². The van der Waals surface area contributed by atoms with Crippen LogP contribution in [-0.2, 0) is 13.0 Å². The first kappa shape index (κ1) is 17.4. The van der Waals surface area contributed by atoms with Crippen LogP contribution in [0.1, 0.15) is 41.6 Å². The predicted octanol–water partition coefficient (Wildman–Crippen LogP) is 3.34. The van der Waals surface area contributed by atoms with E-state index in [2.05, 4.69) is 52.6 Å². The van der Waals surface area contributed by atoms with Crippen molar-refractivity contribution in [3.05, 3.63) is 46.8 Å². The maximum absolute atomic E-state index is 4.85. The molecule has 0 aliphatic carbocycles. The number of anilines is 2. The minimum Gasteiger partial charge on any atom is -0.324 e. The zero-order chi connectivity index (χ0) is 17.9. The Hall–Kier alpha value is -1.98. The summed E-state index contributed by atoms with van der Waals surface area (Å²) >= 11 is 0. The molecule has 2 aliphatic heterocycles. The molecule has 0 radical (unpaired) electrons. The highest BCUT2D eigenvalue weighted by Gasteiger charge is 2.24. The second-order valence-electron chi connectivity index (χ2n) is 7.72. The van der Waals surface area contributed by atoms with Gasteiger partial charge in [-0.1, -0.05) is 6.07 Å². The third-order valence-corrected chi connectivity index (χ3v) is 5.49. The summed E-state index contributed by atoms with van der Waals surface area (Å²) in [5, 5.41) is 6.85. The quantitative estimate of drug-likeness (QED) is 0.888. The van der Waals surface area contributed by atoms with Crippen molar-refractivity contribution >= 4 is 11.6 Å². The molecule has 0 spiro atoms. The Morgan fingerprint density at radius 2 is 1.88 bits per heavy atom. The molecule has 5 nitrogen and oxygen atoms in total. The number of hydrogen-bond donors (Lipinski definition) is 2. The zero-order valence-electron chi connectivity index (χ0n) is 15.9. The molecule has 1 aromatic heterocycles. The number of fused-ring (bicyclic) bond motifs is 1. The van der Waals surface area contributed by atoms with E-state index in [1.807, 2.05) is 6.20 Å². The van der Waals surface area contributed by atoms with Gasteiger partial charge in [0.1, 0.15) is 0 Å². The van der Waals surface area contributed by atoms with Crippen LogP contribution in [0.2, 0.25) is 0 Å². The minimum atomic E-state index is 0.704. The highest BCUT2D eigenvalue weighted by Crippen LogP contribution is 2.24. The molecule has 2 N–H and O–H groups in total. The molecule has 1 fully saturated rings. The van der Waals surface area contributed by atoms with Crippen molar-refractivity contribution in [1.29, 1.82) is 0 Å². The fourth-order valence-electron chi connectivity index (χ4n) is 4.26. The van der Waals surface area contributed by atoms with Gasteiger partial charge in [0.25, 0.3) is 0 Å². The van der Waals surface area contributed by atoms with Gasteiger partial charge >= 0.3 is 0 Å². The molecule has 2 aliphatic rings. The van der Waals surface area contributed by atoms with Crippen LogP contribution in [0.15, 0.2) is 24.4 Å². The van der Waals surface area contributed by atoms with Crippen LogP contribution in [0.5, 0.6) is 0 Å². The molecule has 0 unspecified atom stereocenters. The zero-order valence-corrected chi connectivity index (χ0v) is 15.9. The summed E-state index contributed by atoms with van der Waals surface area (Å²) in [4.78, 5) is 12.1. The van der Waals surface area contributed by atoms with Gasteiger partial charge < -0.3 is 10.6 Å². The Bertz CT molecular complexity index is 747. The van der Waals surface area contributed by atoms with Gasteiger partial charge in [-0.15, -0.1) is 0 Å². The Labute approximate surface area is 156 Å². The smallest absolute Gasteiger partial charge is 0.227 e. The SMILES string of the molecule is Cc1cc(C)cc(Nc2ncc3c(n2)CCCN(C2CCNCC2)C3)c1. The highest BCUT2D eigenvalue weighted by atomic mass is 15.2. The summed E-state index contributed by atoms with van der Waals surface area (Å²) in [6, 6.07) is 7.16. The van der Waals surface area contributed by atoms with Crippen molar-refractivity contribution < 1.29 is 0 Å². The van der Waals surface area contributed by atoms with Crippen LogP contribution in [0, 0.1) is 13.8 Å². The van der Waals surface area contributed by atoms with Gasteiger partial charge in [0.2, 0.25) is 5.95 Å². The van der Waals surface area contributed by atoms with Gasteiger partial charge in [-0.05, 0) is 82.4 Å². The van der Waals surface area contributed by atoms with E-state index in [9.17, 15) is 0 Å². The summed E-state index contributed by atoms with van der Waals surface area (Å²) in [7, 11) is 0. The van der Waals surface area contributed by atoms with Crippen molar-refractivity contribution in [2.24, 2.45) is 0 Å². The second-order valence-corrected chi connectivity index (χ2v) is 7.72. The van der Waals surface area contributed by atoms with Gasteiger partial charge in [0.15, 0.2) is 0 Å². The molecule has 0 saturated carbocycles. The van der Waals surface area contributed by atoms with Crippen molar-refractivity contribution in [3.8, 4) is 0 Å². The lowest BCUT2D eigenvalue weighted by atomic mass is 10.0. The van der Waals surface area contributed by atoms with Crippen LogP contribution < -0.4 is 10.6 Å². The first-order valence-electron chi connectivity index (χ1n) is 9.82. The monoisotopic (exact) mass is 351 g/mol. The number of hydrogen-bond acceptors (Lipinski definition) is 5. The van der Waals surface area contributed by atoms with E-state index in [0.29, 0.717) is 12.0 Å². The standard InChI is InChI=1S/C21H29N5/c1-15-10-16(2)12-18(11-15)24-21-23-13-17-14-26(9-3-4-20(17)25-21)19-5-7-22-8-6-19/h10-13,19,22H,3-9,14H2,1-2H3,(H,23,24,25). The molecule has 1 saturated heterocycles. The average molecular weight is 351 g/mol. The second kappa shape index (κ2) is 7.72.